The second-order valence-electron chi connectivity index (χ2n) is 6.14. The molecule has 0 spiro atoms. The molecule has 2 heterocycles. The van der Waals surface area contributed by atoms with Crippen LogP contribution in [-0.2, 0) is 4.79 Å². The molecule has 1 N–H and O–H groups in total. The number of amides is 1. The van der Waals surface area contributed by atoms with Gasteiger partial charge in [-0.2, -0.15) is 0 Å². The van der Waals surface area contributed by atoms with E-state index in [4.69, 9.17) is 0 Å². The minimum Gasteiger partial charge on any atom is -0.356 e. The molecule has 2 aromatic rings. The van der Waals surface area contributed by atoms with Crippen molar-refractivity contribution in [3.05, 3.63) is 30.6 Å². The molecule has 1 amide bonds. The predicted molar refractivity (Wildman–Crippen MR) is 92.4 cm³/mol. The van der Waals surface area contributed by atoms with E-state index < -0.39 is 0 Å². The number of nitrogens with one attached hydrogen (secondary N) is 1. The fourth-order valence-corrected chi connectivity index (χ4v) is 3.16. The Kier molecular flexibility index (Phi) is 5.05. The van der Waals surface area contributed by atoms with Crippen molar-refractivity contribution >= 4 is 22.6 Å². The molecule has 0 radical (unpaired) electrons. The highest BCUT2D eigenvalue weighted by molar-refractivity contribution is 5.89. The Morgan fingerprint density at radius 3 is 3.09 bits per heavy atom. The number of fused-ring (bicyclic) bond motifs is 1. The Bertz CT molecular complexity index is 668. The summed E-state index contributed by atoms with van der Waals surface area (Å²) in [5, 5.41) is 4.12. The largest absolute Gasteiger partial charge is 0.356 e. The van der Waals surface area contributed by atoms with Crippen LogP contribution >= 0.6 is 0 Å². The molecule has 5 heteroatoms. The van der Waals surface area contributed by atoms with E-state index in [-0.39, 0.29) is 11.8 Å². The van der Waals surface area contributed by atoms with Gasteiger partial charge in [-0.25, -0.2) is 9.97 Å². The van der Waals surface area contributed by atoms with E-state index in [9.17, 15) is 4.79 Å². The number of benzene rings is 1. The molecule has 1 aliphatic heterocycles. The van der Waals surface area contributed by atoms with Gasteiger partial charge in [-0.15, -0.1) is 0 Å². The van der Waals surface area contributed by atoms with Crippen LogP contribution in [0.3, 0.4) is 0 Å². The SMILES string of the molecule is CCCCNC(=O)C1CCCN(c2ncnc3ccccc23)C1. The molecule has 5 nitrogen and oxygen atoms in total. The molecule has 3 rings (SSSR count). The lowest BCUT2D eigenvalue weighted by Crippen LogP contribution is -2.43. The van der Waals surface area contributed by atoms with E-state index in [1.807, 2.05) is 18.2 Å². The van der Waals surface area contributed by atoms with Crippen molar-refractivity contribution in [2.24, 2.45) is 5.92 Å². The number of hydrogen-bond donors (Lipinski definition) is 1. The summed E-state index contributed by atoms with van der Waals surface area (Å²) in [4.78, 5) is 23.4. The van der Waals surface area contributed by atoms with Crippen LogP contribution in [0.1, 0.15) is 32.6 Å². The van der Waals surface area contributed by atoms with Crippen LogP contribution < -0.4 is 10.2 Å². The van der Waals surface area contributed by atoms with Gasteiger partial charge in [0, 0.05) is 25.0 Å². The molecule has 1 fully saturated rings. The van der Waals surface area contributed by atoms with Crippen molar-refractivity contribution in [3.63, 3.8) is 0 Å². The minimum atomic E-state index is 0.0503. The molecule has 1 aromatic carbocycles. The van der Waals surface area contributed by atoms with Crippen LogP contribution in [0, 0.1) is 5.92 Å². The summed E-state index contributed by atoms with van der Waals surface area (Å²) in [6, 6.07) is 8.04. The highest BCUT2D eigenvalue weighted by Gasteiger charge is 2.27. The van der Waals surface area contributed by atoms with Gasteiger partial charge in [0.25, 0.3) is 0 Å². The van der Waals surface area contributed by atoms with Crippen LogP contribution in [0.25, 0.3) is 10.9 Å². The molecule has 122 valence electrons. The van der Waals surface area contributed by atoms with E-state index in [0.29, 0.717) is 0 Å². The molecular weight excluding hydrogens is 288 g/mol. The Morgan fingerprint density at radius 1 is 1.35 bits per heavy atom. The first-order chi connectivity index (χ1) is 11.3. The van der Waals surface area contributed by atoms with Crippen LogP contribution in [0.5, 0.6) is 0 Å². The Balaban J connectivity index is 1.74. The van der Waals surface area contributed by atoms with Gasteiger partial charge < -0.3 is 10.2 Å². The molecular formula is C18H24N4O. The summed E-state index contributed by atoms with van der Waals surface area (Å²) < 4.78 is 0. The van der Waals surface area contributed by atoms with E-state index in [0.717, 1.165) is 62.0 Å². The van der Waals surface area contributed by atoms with Gasteiger partial charge in [-0.05, 0) is 31.4 Å². The third kappa shape index (κ3) is 3.60. The van der Waals surface area contributed by atoms with Gasteiger partial charge in [0.05, 0.1) is 11.4 Å². The van der Waals surface area contributed by atoms with Gasteiger partial charge >= 0.3 is 0 Å². The maximum absolute atomic E-state index is 12.3. The Labute approximate surface area is 137 Å². The standard InChI is InChI=1S/C18H24N4O/c1-2-3-10-19-18(23)14-7-6-11-22(12-14)17-15-8-4-5-9-16(15)20-13-21-17/h4-5,8-9,13-14H,2-3,6-7,10-12H2,1H3,(H,19,23). The number of carbonyl (C=O) groups is 1. The summed E-state index contributed by atoms with van der Waals surface area (Å²) in [7, 11) is 0. The summed E-state index contributed by atoms with van der Waals surface area (Å²) in [5.74, 6) is 1.18. The van der Waals surface area contributed by atoms with Crippen LogP contribution in [-0.4, -0.2) is 35.5 Å². The molecule has 23 heavy (non-hydrogen) atoms. The fraction of sp³-hybridized carbons (Fsp3) is 0.500. The predicted octanol–water partition coefficient (Wildman–Crippen LogP) is 2.76. The third-order valence-corrected chi connectivity index (χ3v) is 4.44. The average molecular weight is 312 g/mol. The normalized spacial score (nSPS) is 18.1. The van der Waals surface area contributed by atoms with Crippen molar-refractivity contribution in [2.75, 3.05) is 24.5 Å². The first-order valence-electron chi connectivity index (χ1n) is 8.52. The van der Waals surface area contributed by atoms with Crippen LogP contribution in [0.15, 0.2) is 30.6 Å². The topological polar surface area (TPSA) is 58.1 Å². The number of hydrogen-bond acceptors (Lipinski definition) is 4. The second-order valence-corrected chi connectivity index (χ2v) is 6.14. The zero-order valence-corrected chi connectivity index (χ0v) is 13.7. The Morgan fingerprint density at radius 2 is 2.22 bits per heavy atom. The lowest BCUT2D eigenvalue weighted by Gasteiger charge is -2.33. The number of rotatable bonds is 5. The molecule has 0 bridgehead atoms. The smallest absolute Gasteiger partial charge is 0.224 e. The van der Waals surface area contributed by atoms with Crippen LogP contribution in [0.4, 0.5) is 5.82 Å². The first-order valence-corrected chi connectivity index (χ1v) is 8.52. The van der Waals surface area contributed by atoms with E-state index >= 15 is 0 Å². The molecule has 0 aliphatic carbocycles. The van der Waals surface area contributed by atoms with Crippen molar-refractivity contribution in [2.45, 2.75) is 32.6 Å². The quantitative estimate of drug-likeness (QED) is 0.863. The van der Waals surface area contributed by atoms with Crippen molar-refractivity contribution in [1.82, 2.24) is 15.3 Å². The maximum atomic E-state index is 12.3. The molecule has 0 saturated carbocycles. The molecule has 1 unspecified atom stereocenters. The lowest BCUT2D eigenvalue weighted by atomic mass is 9.96. The van der Waals surface area contributed by atoms with E-state index in [1.54, 1.807) is 6.33 Å². The zero-order chi connectivity index (χ0) is 16.1. The lowest BCUT2D eigenvalue weighted by molar-refractivity contribution is -0.125. The molecule has 1 saturated heterocycles. The number of carbonyl (C=O) groups excluding carboxylic acids is 1. The van der Waals surface area contributed by atoms with Crippen LogP contribution in [0.2, 0.25) is 0 Å². The van der Waals surface area contributed by atoms with Gasteiger partial charge in [0.15, 0.2) is 0 Å². The highest BCUT2D eigenvalue weighted by atomic mass is 16.1. The number of nitrogens with zero attached hydrogens (tertiary/aromatic N) is 3. The first kappa shape index (κ1) is 15.7. The Hall–Kier alpha value is -2.17. The number of unbranched alkanes of at least 4 members (excludes halogenated alkanes) is 1. The van der Waals surface area contributed by atoms with Crippen molar-refractivity contribution in [3.8, 4) is 0 Å². The summed E-state index contributed by atoms with van der Waals surface area (Å²) in [6.07, 6.45) is 5.73. The molecule has 1 atom stereocenters. The maximum Gasteiger partial charge on any atom is 0.224 e. The number of aromatic nitrogens is 2. The van der Waals surface area contributed by atoms with Gasteiger partial charge in [0.2, 0.25) is 5.91 Å². The highest BCUT2D eigenvalue weighted by Crippen LogP contribution is 2.27. The zero-order valence-electron chi connectivity index (χ0n) is 13.7. The van der Waals surface area contributed by atoms with Crippen molar-refractivity contribution < 1.29 is 4.79 Å². The van der Waals surface area contributed by atoms with Gasteiger partial charge in [-0.3, -0.25) is 4.79 Å². The minimum absolute atomic E-state index is 0.0503. The molecule has 1 aromatic heterocycles. The summed E-state index contributed by atoms with van der Waals surface area (Å²) in [6.45, 7) is 4.59. The summed E-state index contributed by atoms with van der Waals surface area (Å²) >= 11 is 0. The van der Waals surface area contributed by atoms with Crippen molar-refractivity contribution in [1.29, 1.82) is 0 Å². The number of anilines is 1. The van der Waals surface area contributed by atoms with E-state index in [2.05, 4.69) is 33.2 Å². The number of para-hydroxylation sites is 1. The van der Waals surface area contributed by atoms with Gasteiger partial charge in [0.1, 0.15) is 12.1 Å². The second kappa shape index (κ2) is 7.40. The number of piperidine rings is 1. The summed E-state index contributed by atoms with van der Waals surface area (Å²) in [5.41, 5.74) is 0.951. The monoisotopic (exact) mass is 312 g/mol. The molecule has 1 aliphatic rings. The fourth-order valence-electron chi connectivity index (χ4n) is 3.16. The van der Waals surface area contributed by atoms with E-state index in [1.165, 1.54) is 0 Å². The third-order valence-electron chi connectivity index (χ3n) is 4.44. The average Bonchev–Trinajstić information content (AvgIpc) is 2.61. The van der Waals surface area contributed by atoms with Gasteiger partial charge in [-0.1, -0.05) is 25.5 Å².